The van der Waals surface area contributed by atoms with Gasteiger partial charge in [-0.25, -0.2) is 4.98 Å². The Morgan fingerprint density at radius 3 is 2.24 bits per heavy atom. The zero-order valence-electron chi connectivity index (χ0n) is 13.6. The number of para-hydroxylation sites is 1. The maximum absolute atomic E-state index is 5.97. The minimum absolute atomic E-state index is 0.528. The van der Waals surface area contributed by atoms with Gasteiger partial charge >= 0.3 is 0 Å². The van der Waals surface area contributed by atoms with E-state index in [1.165, 1.54) is 0 Å². The van der Waals surface area contributed by atoms with Crippen LogP contribution >= 0.6 is 0 Å². The van der Waals surface area contributed by atoms with Gasteiger partial charge in [0.1, 0.15) is 5.82 Å². The van der Waals surface area contributed by atoms with Gasteiger partial charge in [0.15, 0.2) is 0 Å². The van der Waals surface area contributed by atoms with Crippen molar-refractivity contribution in [3.63, 3.8) is 0 Å². The Balaban J connectivity index is 2.48. The summed E-state index contributed by atoms with van der Waals surface area (Å²) >= 11 is 0. The molecular weight excluding hydrogens is 258 g/mol. The standard InChI is InChI=1S/C18H27N3/c1-13(2)11-21(12-14(3)4)18-16(10-19)9-15-7-5-6-8-17(15)20-18/h5-9,13-14H,10-12,19H2,1-4H3. The van der Waals surface area contributed by atoms with Crippen LogP contribution in [0.2, 0.25) is 0 Å². The molecule has 21 heavy (non-hydrogen) atoms. The summed E-state index contributed by atoms with van der Waals surface area (Å²) in [5, 5.41) is 1.16. The fraction of sp³-hybridized carbons (Fsp3) is 0.500. The van der Waals surface area contributed by atoms with E-state index in [9.17, 15) is 0 Å². The third-order valence-electron chi connectivity index (χ3n) is 3.47. The van der Waals surface area contributed by atoms with Crippen LogP contribution in [0.1, 0.15) is 33.3 Å². The Morgan fingerprint density at radius 1 is 1.05 bits per heavy atom. The fourth-order valence-electron chi connectivity index (χ4n) is 2.70. The number of pyridine rings is 1. The largest absolute Gasteiger partial charge is 0.356 e. The molecule has 114 valence electrons. The number of anilines is 1. The first-order chi connectivity index (χ1) is 10.0. The second-order valence-electron chi connectivity index (χ2n) is 6.56. The molecule has 2 aromatic rings. The van der Waals surface area contributed by atoms with Crippen molar-refractivity contribution in [1.82, 2.24) is 4.98 Å². The SMILES string of the molecule is CC(C)CN(CC(C)C)c1nc2ccccc2cc1CN. The van der Waals surface area contributed by atoms with Gasteiger partial charge in [-0.3, -0.25) is 0 Å². The van der Waals surface area contributed by atoms with Crippen LogP contribution in [0.3, 0.4) is 0 Å². The Morgan fingerprint density at radius 2 is 1.67 bits per heavy atom. The number of fused-ring (bicyclic) bond motifs is 1. The van der Waals surface area contributed by atoms with Crippen LogP contribution in [0.5, 0.6) is 0 Å². The molecule has 2 N–H and O–H groups in total. The van der Waals surface area contributed by atoms with E-state index in [1.54, 1.807) is 0 Å². The molecule has 3 nitrogen and oxygen atoms in total. The molecule has 0 atom stereocenters. The first-order valence-electron chi connectivity index (χ1n) is 7.85. The summed E-state index contributed by atoms with van der Waals surface area (Å²) in [7, 11) is 0. The predicted octanol–water partition coefficient (Wildman–Crippen LogP) is 3.81. The third-order valence-corrected chi connectivity index (χ3v) is 3.47. The van der Waals surface area contributed by atoms with Crippen molar-refractivity contribution in [3.05, 3.63) is 35.9 Å². The Kier molecular flexibility index (Phi) is 5.18. The van der Waals surface area contributed by atoms with Gasteiger partial charge in [0.05, 0.1) is 5.52 Å². The van der Waals surface area contributed by atoms with Crippen molar-refractivity contribution >= 4 is 16.7 Å². The minimum atomic E-state index is 0.528. The Hall–Kier alpha value is -1.61. The molecule has 0 bridgehead atoms. The fourth-order valence-corrected chi connectivity index (χ4v) is 2.70. The molecule has 0 unspecified atom stereocenters. The van der Waals surface area contributed by atoms with Crippen LogP contribution in [0.4, 0.5) is 5.82 Å². The molecule has 3 heteroatoms. The zero-order chi connectivity index (χ0) is 15.4. The van der Waals surface area contributed by atoms with E-state index >= 15 is 0 Å². The van der Waals surface area contributed by atoms with Crippen molar-refractivity contribution in [1.29, 1.82) is 0 Å². The summed E-state index contributed by atoms with van der Waals surface area (Å²) in [4.78, 5) is 7.29. The molecule has 0 spiro atoms. The average Bonchev–Trinajstić information content (AvgIpc) is 2.44. The lowest BCUT2D eigenvalue weighted by atomic mass is 10.1. The molecule has 2 rings (SSSR count). The van der Waals surface area contributed by atoms with Gasteiger partial charge in [0, 0.05) is 30.6 Å². The lowest BCUT2D eigenvalue weighted by Gasteiger charge is -2.29. The van der Waals surface area contributed by atoms with E-state index in [0.717, 1.165) is 35.4 Å². The molecule has 0 saturated heterocycles. The third kappa shape index (κ3) is 3.94. The van der Waals surface area contributed by atoms with E-state index in [4.69, 9.17) is 10.7 Å². The van der Waals surface area contributed by atoms with Crippen molar-refractivity contribution in [2.45, 2.75) is 34.2 Å². The number of hydrogen-bond donors (Lipinski definition) is 1. The van der Waals surface area contributed by atoms with Gasteiger partial charge < -0.3 is 10.6 Å². The molecule has 0 radical (unpaired) electrons. The van der Waals surface area contributed by atoms with Gasteiger partial charge in [-0.1, -0.05) is 45.9 Å². The quantitative estimate of drug-likeness (QED) is 0.877. The van der Waals surface area contributed by atoms with Crippen LogP contribution in [-0.2, 0) is 6.54 Å². The summed E-state index contributed by atoms with van der Waals surface area (Å²) in [6.07, 6.45) is 0. The number of nitrogens with zero attached hydrogens (tertiary/aromatic N) is 2. The van der Waals surface area contributed by atoms with Gasteiger partial charge in [0.2, 0.25) is 0 Å². The maximum Gasteiger partial charge on any atom is 0.133 e. The summed E-state index contributed by atoms with van der Waals surface area (Å²) < 4.78 is 0. The highest BCUT2D eigenvalue weighted by Gasteiger charge is 2.16. The van der Waals surface area contributed by atoms with Crippen LogP contribution in [0, 0.1) is 11.8 Å². The number of aromatic nitrogens is 1. The monoisotopic (exact) mass is 285 g/mol. The molecule has 0 aliphatic rings. The number of hydrogen-bond acceptors (Lipinski definition) is 3. The normalized spacial score (nSPS) is 11.6. The van der Waals surface area contributed by atoms with E-state index < -0.39 is 0 Å². The van der Waals surface area contributed by atoms with Crippen LogP contribution in [0.25, 0.3) is 10.9 Å². The van der Waals surface area contributed by atoms with Gasteiger partial charge in [-0.2, -0.15) is 0 Å². The summed E-state index contributed by atoms with van der Waals surface area (Å²) in [6.45, 7) is 11.5. The Labute approximate surface area is 128 Å². The number of rotatable bonds is 6. The smallest absolute Gasteiger partial charge is 0.133 e. The molecule has 1 heterocycles. The van der Waals surface area contributed by atoms with Crippen molar-refractivity contribution in [2.24, 2.45) is 17.6 Å². The summed E-state index contributed by atoms with van der Waals surface area (Å²) in [5.74, 6) is 2.25. The minimum Gasteiger partial charge on any atom is -0.356 e. The van der Waals surface area contributed by atoms with Gasteiger partial charge in [-0.05, 0) is 24.0 Å². The van der Waals surface area contributed by atoms with Crippen LogP contribution in [-0.4, -0.2) is 18.1 Å². The highest BCUT2D eigenvalue weighted by molar-refractivity contribution is 5.81. The molecule has 1 aromatic heterocycles. The molecule has 0 fully saturated rings. The summed E-state index contributed by atoms with van der Waals surface area (Å²) in [6, 6.07) is 10.4. The van der Waals surface area contributed by atoms with E-state index in [0.29, 0.717) is 18.4 Å². The van der Waals surface area contributed by atoms with E-state index in [2.05, 4.69) is 50.8 Å². The lowest BCUT2D eigenvalue weighted by Crippen LogP contribution is -2.33. The topological polar surface area (TPSA) is 42.2 Å². The average molecular weight is 285 g/mol. The first kappa shape index (κ1) is 15.8. The summed E-state index contributed by atoms with van der Waals surface area (Å²) in [5.41, 5.74) is 8.15. The van der Waals surface area contributed by atoms with Crippen LogP contribution in [0.15, 0.2) is 30.3 Å². The molecular formula is C18H27N3. The Bertz CT molecular complexity index is 580. The second kappa shape index (κ2) is 6.90. The molecule has 1 aromatic carbocycles. The van der Waals surface area contributed by atoms with E-state index in [1.807, 2.05) is 12.1 Å². The zero-order valence-corrected chi connectivity index (χ0v) is 13.6. The van der Waals surface area contributed by atoms with Gasteiger partial charge in [-0.15, -0.1) is 0 Å². The molecule has 0 aliphatic heterocycles. The molecule has 0 amide bonds. The van der Waals surface area contributed by atoms with Crippen molar-refractivity contribution in [2.75, 3.05) is 18.0 Å². The molecule has 0 saturated carbocycles. The maximum atomic E-state index is 5.97. The van der Waals surface area contributed by atoms with Crippen LogP contribution < -0.4 is 10.6 Å². The van der Waals surface area contributed by atoms with E-state index in [-0.39, 0.29) is 0 Å². The number of benzene rings is 1. The molecule has 0 aliphatic carbocycles. The second-order valence-corrected chi connectivity index (χ2v) is 6.56. The predicted molar refractivity (Wildman–Crippen MR) is 91.5 cm³/mol. The van der Waals surface area contributed by atoms with Gasteiger partial charge in [0.25, 0.3) is 0 Å². The highest BCUT2D eigenvalue weighted by Crippen LogP contribution is 2.25. The van der Waals surface area contributed by atoms with Crippen molar-refractivity contribution in [3.8, 4) is 0 Å². The number of nitrogens with two attached hydrogens (primary N) is 1. The van der Waals surface area contributed by atoms with Crippen molar-refractivity contribution < 1.29 is 0 Å². The first-order valence-corrected chi connectivity index (χ1v) is 7.85. The highest BCUT2D eigenvalue weighted by atomic mass is 15.2. The lowest BCUT2D eigenvalue weighted by molar-refractivity contribution is 0.548.